The molecule has 2 heterocycles. The third-order valence-electron chi connectivity index (χ3n) is 7.25. The van der Waals surface area contributed by atoms with E-state index in [4.69, 9.17) is 4.74 Å². The standard InChI is InChI=1S/C32H34N4O3/c1-3-23-18-25(27-19-30(37)21-33-20-27)4-5-26(23)22-35-14-16-36(17-15-35)29-10-6-24(7-11-29)32(38)34-28-8-12-31(39-2)13-9-28/h4-13,18-21,37H,3,14-17,22H2,1-2H3,(H,34,38). The number of nitrogens with zero attached hydrogens (tertiary/aromatic N) is 3. The molecule has 0 aliphatic carbocycles. The molecule has 1 fully saturated rings. The lowest BCUT2D eigenvalue weighted by atomic mass is 9.98. The molecular weight excluding hydrogens is 488 g/mol. The first-order valence-corrected chi connectivity index (χ1v) is 13.3. The van der Waals surface area contributed by atoms with Crippen LogP contribution in [-0.2, 0) is 13.0 Å². The molecule has 0 saturated carbocycles. The number of carbonyl (C=O) groups excluding carboxylic acids is 1. The second kappa shape index (κ2) is 12.0. The van der Waals surface area contributed by atoms with Gasteiger partial charge in [-0.2, -0.15) is 0 Å². The van der Waals surface area contributed by atoms with Crippen LogP contribution in [0.5, 0.6) is 11.5 Å². The second-order valence-electron chi connectivity index (χ2n) is 9.76. The number of nitrogens with one attached hydrogen (secondary N) is 1. The van der Waals surface area contributed by atoms with Crippen molar-refractivity contribution in [3.05, 3.63) is 102 Å². The van der Waals surface area contributed by atoms with E-state index in [-0.39, 0.29) is 11.7 Å². The van der Waals surface area contributed by atoms with Gasteiger partial charge in [0.2, 0.25) is 0 Å². The number of methoxy groups -OCH3 is 1. The Morgan fingerprint density at radius 3 is 2.31 bits per heavy atom. The van der Waals surface area contributed by atoms with Crippen molar-refractivity contribution in [3.63, 3.8) is 0 Å². The Balaban J connectivity index is 1.16. The number of benzene rings is 3. The van der Waals surface area contributed by atoms with Gasteiger partial charge in [0.15, 0.2) is 0 Å². The fourth-order valence-corrected chi connectivity index (χ4v) is 4.98. The van der Waals surface area contributed by atoms with Crippen LogP contribution in [0.1, 0.15) is 28.4 Å². The lowest BCUT2D eigenvalue weighted by molar-refractivity contribution is 0.102. The van der Waals surface area contributed by atoms with E-state index >= 15 is 0 Å². The SMILES string of the molecule is CCc1cc(-c2cncc(O)c2)ccc1CN1CCN(c2ccc(C(=O)Nc3ccc(OC)cc3)cc2)CC1. The number of ether oxygens (including phenoxy) is 1. The molecule has 39 heavy (non-hydrogen) atoms. The van der Waals surface area contributed by atoms with Gasteiger partial charge in [0.1, 0.15) is 11.5 Å². The molecular formula is C32H34N4O3. The van der Waals surface area contributed by atoms with Crippen LogP contribution in [0, 0.1) is 0 Å². The number of hydrogen-bond donors (Lipinski definition) is 2. The van der Waals surface area contributed by atoms with Gasteiger partial charge in [-0.15, -0.1) is 0 Å². The summed E-state index contributed by atoms with van der Waals surface area (Å²) in [4.78, 5) is 21.7. The smallest absolute Gasteiger partial charge is 0.255 e. The molecule has 1 aliphatic rings. The highest BCUT2D eigenvalue weighted by molar-refractivity contribution is 6.04. The van der Waals surface area contributed by atoms with Crippen LogP contribution in [0.3, 0.4) is 0 Å². The number of rotatable bonds is 8. The molecule has 5 rings (SSSR count). The third-order valence-corrected chi connectivity index (χ3v) is 7.25. The van der Waals surface area contributed by atoms with Gasteiger partial charge < -0.3 is 20.1 Å². The zero-order chi connectivity index (χ0) is 27.2. The van der Waals surface area contributed by atoms with E-state index in [2.05, 4.69) is 45.2 Å². The van der Waals surface area contributed by atoms with Gasteiger partial charge in [-0.25, -0.2) is 0 Å². The number of amides is 1. The van der Waals surface area contributed by atoms with Crippen LogP contribution in [0.15, 0.2) is 85.2 Å². The van der Waals surface area contributed by atoms with Crippen LogP contribution >= 0.6 is 0 Å². The van der Waals surface area contributed by atoms with Gasteiger partial charge in [-0.05, 0) is 77.7 Å². The first-order valence-electron chi connectivity index (χ1n) is 13.3. The number of aromatic hydroxyl groups is 1. The largest absolute Gasteiger partial charge is 0.506 e. The summed E-state index contributed by atoms with van der Waals surface area (Å²) in [5, 5.41) is 12.7. The summed E-state index contributed by atoms with van der Waals surface area (Å²) in [5.74, 6) is 0.803. The van der Waals surface area contributed by atoms with Crippen molar-refractivity contribution in [2.75, 3.05) is 43.5 Å². The number of carbonyl (C=O) groups is 1. The molecule has 200 valence electrons. The fraction of sp³-hybridized carbons (Fsp3) is 0.250. The molecule has 4 aromatic rings. The molecule has 3 aromatic carbocycles. The maximum absolute atomic E-state index is 12.7. The number of hydrogen-bond acceptors (Lipinski definition) is 6. The zero-order valence-electron chi connectivity index (χ0n) is 22.4. The van der Waals surface area contributed by atoms with Crippen molar-refractivity contribution in [3.8, 4) is 22.6 Å². The molecule has 7 heteroatoms. The minimum Gasteiger partial charge on any atom is -0.506 e. The number of aryl methyl sites for hydroxylation is 1. The molecule has 2 N–H and O–H groups in total. The Morgan fingerprint density at radius 2 is 1.64 bits per heavy atom. The number of aromatic nitrogens is 1. The van der Waals surface area contributed by atoms with Crippen molar-refractivity contribution in [1.82, 2.24) is 9.88 Å². The molecule has 1 amide bonds. The lowest BCUT2D eigenvalue weighted by Crippen LogP contribution is -2.46. The van der Waals surface area contributed by atoms with Crippen LogP contribution < -0.4 is 15.0 Å². The third kappa shape index (κ3) is 6.38. The summed E-state index contributed by atoms with van der Waals surface area (Å²) < 4.78 is 5.17. The first-order chi connectivity index (χ1) is 19.0. The minimum atomic E-state index is -0.130. The van der Waals surface area contributed by atoms with Gasteiger partial charge >= 0.3 is 0 Å². The molecule has 1 saturated heterocycles. The average molecular weight is 523 g/mol. The van der Waals surface area contributed by atoms with E-state index < -0.39 is 0 Å². The Hall–Kier alpha value is -4.36. The van der Waals surface area contributed by atoms with Crippen LogP contribution in [0.25, 0.3) is 11.1 Å². The molecule has 0 bridgehead atoms. The number of pyridine rings is 1. The quantitative estimate of drug-likeness (QED) is 0.314. The number of anilines is 2. The summed E-state index contributed by atoms with van der Waals surface area (Å²) in [6.07, 6.45) is 4.19. The first kappa shape index (κ1) is 26.3. The molecule has 0 unspecified atom stereocenters. The van der Waals surface area contributed by atoms with Gasteiger partial charge in [0.25, 0.3) is 5.91 Å². The van der Waals surface area contributed by atoms with E-state index in [9.17, 15) is 9.90 Å². The highest BCUT2D eigenvalue weighted by Gasteiger charge is 2.19. The summed E-state index contributed by atoms with van der Waals surface area (Å²) in [5.41, 5.74) is 7.16. The molecule has 0 spiro atoms. The van der Waals surface area contributed by atoms with Crippen LogP contribution in [0.4, 0.5) is 11.4 Å². The summed E-state index contributed by atoms with van der Waals surface area (Å²) in [7, 11) is 1.62. The molecule has 0 radical (unpaired) electrons. The van der Waals surface area contributed by atoms with Crippen molar-refractivity contribution in [2.45, 2.75) is 19.9 Å². The van der Waals surface area contributed by atoms with Crippen LogP contribution in [-0.4, -0.2) is 54.2 Å². The van der Waals surface area contributed by atoms with E-state index in [1.807, 2.05) is 48.5 Å². The van der Waals surface area contributed by atoms with Crippen LogP contribution in [0.2, 0.25) is 0 Å². The average Bonchev–Trinajstić information content (AvgIpc) is 2.98. The monoisotopic (exact) mass is 522 g/mol. The molecule has 1 aliphatic heterocycles. The van der Waals surface area contributed by atoms with Gasteiger partial charge in [0, 0.05) is 61.4 Å². The Morgan fingerprint density at radius 1 is 0.897 bits per heavy atom. The van der Waals surface area contributed by atoms with Gasteiger partial charge in [0.05, 0.1) is 13.3 Å². The lowest BCUT2D eigenvalue weighted by Gasteiger charge is -2.36. The summed E-state index contributed by atoms with van der Waals surface area (Å²) >= 11 is 0. The van der Waals surface area contributed by atoms with E-state index in [0.29, 0.717) is 5.56 Å². The van der Waals surface area contributed by atoms with E-state index in [0.717, 1.165) is 67.4 Å². The normalized spacial score (nSPS) is 13.7. The predicted octanol–water partition coefficient (Wildman–Crippen LogP) is 5.60. The van der Waals surface area contributed by atoms with Gasteiger partial charge in [-0.1, -0.05) is 25.1 Å². The van der Waals surface area contributed by atoms with E-state index in [1.54, 1.807) is 19.4 Å². The molecule has 7 nitrogen and oxygen atoms in total. The Labute approximate surface area is 229 Å². The predicted molar refractivity (Wildman–Crippen MR) is 156 cm³/mol. The van der Waals surface area contributed by atoms with Crippen molar-refractivity contribution >= 4 is 17.3 Å². The maximum Gasteiger partial charge on any atom is 0.255 e. The molecule has 1 aromatic heterocycles. The van der Waals surface area contributed by atoms with Gasteiger partial charge in [-0.3, -0.25) is 14.7 Å². The minimum absolute atomic E-state index is 0.130. The second-order valence-corrected chi connectivity index (χ2v) is 9.76. The zero-order valence-corrected chi connectivity index (χ0v) is 22.4. The topological polar surface area (TPSA) is 77.9 Å². The van der Waals surface area contributed by atoms with Crippen molar-refractivity contribution in [1.29, 1.82) is 0 Å². The van der Waals surface area contributed by atoms with E-state index in [1.165, 1.54) is 17.3 Å². The highest BCUT2D eigenvalue weighted by Crippen LogP contribution is 2.26. The maximum atomic E-state index is 12.7. The summed E-state index contributed by atoms with van der Waals surface area (Å²) in [6.45, 7) is 6.92. The Kier molecular flexibility index (Phi) is 8.08. The Bertz CT molecular complexity index is 1410. The summed E-state index contributed by atoms with van der Waals surface area (Å²) in [6, 6.07) is 23.4. The fourth-order valence-electron chi connectivity index (χ4n) is 4.98. The highest BCUT2D eigenvalue weighted by atomic mass is 16.5. The molecule has 0 atom stereocenters. The van der Waals surface area contributed by atoms with Crippen molar-refractivity contribution < 1.29 is 14.6 Å². The number of piperazine rings is 1. The van der Waals surface area contributed by atoms with Crippen molar-refractivity contribution in [2.24, 2.45) is 0 Å².